The molecule has 102 valence electrons. The minimum absolute atomic E-state index is 0.397. The maximum absolute atomic E-state index is 10.3. The van der Waals surface area contributed by atoms with E-state index in [1.54, 1.807) is 0 Å². The van der Waals surface area contributed by atoms with E-state index >= 15 is 0 Å². The van der Waals surface area contributed by atoms with Gasteiger partial charge in [-0.1, -0.05) is 38.1 Å². The standard InChI is InChI=1S/C16H27NO/c1-12(2)10-14(4)17(5)11-16(18)15-9-7-6-8-13(15)3/h6-9,12,14,16,18H,10-11H2,1-5H3. The van der Waals surface area contributed by atoms with E-state index in [4.69, 9.17) is 0 Å². The van der Waals surface area contributed by atoms with E-state index in [1.165, 1.54) is 0 Å². The molecule has 0 radical (unpaired) electrons. The number of hydrogen-bond acceptors (Lipinski definition) is 2. The smallest absolute Gasteiger partial charge is 0.0919 e. The maximum Gasteiger partial charge on any atom is 0.0919 e. The molecule has 1 N–H and O–H groups in total. The summed E-state index contributed by atoms with van der Waals surface area (Å²) in [5.41, 5.74) is 2.20. The van der Waals surface area contributed by atoms with Gasteiger partial charge in [0.15, 0.2) is 0 Å². The second-order valence-corrected chi connectivity index (χ2v) is 5.79. The molecule has 0 aromatic heterocycles. The fourth-order valence-corrected chi connectivity index (χ4v) is 2.37. The van der Waals surface area contributed by atoms with Crippen LogP contribution in [-0.2, 0) is 0 Å². The lowest BCUT2D eigenvalue weighted by atomic mass is 10.0. The number of hydrogen-bond donors (Lipinski definition) is 1. The Kier molecular flexibility index (Phi) is 5.83. The Hall–Kier alpha value is -0.860. The number of aliphatic hydroxyl groups excluding tert-OH is 1. The van der Waals surface area contributed by atoms with E-state index in [0.717, 1.165) is 17.5 Å². The number of aryl methyl sites for hydroxylation is 1. The monoisotopic (exact) mass is 249 g/mol. The topological polar surface area (TPSA) is 23.5 Å². The van der Waals surface area contributed by atoms with Crippen LogP contribution < -0.4 is 0 Å². The molecule has 1 rings (SSSR count). The first-order valence-electron chi connectivity index (χ1n) is 6.85. The van der Waals surface area contributed by atoms with Crippen LogP contribution in [0.2, 0.25) is 0 Å². The highest BCUT2D eigenvalue weighted by atomic mass is 16.3. The zero-order chi connectivity index (χ0) is 13.7. The highest BCUT2D eigenvalue weighted by molar-refractivity contribution is 5.27. The Morgan fingerprint density at radius 3 is 2.33 bits per heavy atom. The Bertz CT molecular complexity index is 362. The van der Waals surface area contributed by atoms with E-state index < -0.39 is 6.10 Å². The average Bonchev–Trinajstić information content (AvgIpc) is 2.28. The van der Waals surface area contributed by atoms with Gasteiger partial charge in [0.1, 0.15) is 0 Å². The summed E-state index contributed by atoms with van der Waals surface area (Å²) in [4.78, 5) is 2.25. The van der Waals surface area contributed by atoms with Crippen LogP contribution in [0.15, 0.2) is 24.3 Å². The maximum atomic E-state index is 10.3. The summed E-state index contributed by atoms with van der Waals surface area (Å²) in [5, 5.41) is 10.3. The summed E-state index contributed by atoms with van der Waals surface area (Å²) in [6.45, 7) is 9.45. The van der Waals surface area contributed by atoms with Gasteiger partial charge in [-0.05, 0) is 44.4 Å². The van der Waals surface area contributed by atoms with E-state index in [-0.39, 0.29) is 0 Å². The van der Waals surface area contributed by atoms with Gasteiger partial charge in [-0.2, -0.15) is 0 Å². The molecular weight excluding hydrogens is 222 g/mol. The zero-order valence-electron chi connectivity index (χ0n) is 12.4. The molecule has 0 aliphatic rings. The fraction of sp³-hybridized carbons (Fsp3) is 0.625. The summed E-state index contributed by atoms with van der Waals surface area (Å²) in [5.74, 6) is 0.693. The van der Waals surface area contributed by atoms with Crippen molar-refractivity contribution < 1.29 is 5.11 Å². The van der Waals surface area contributed by atoms with Crippen LogP contribution in [-0.4, -0.2) is 29.6 Å². The predicted molar refractivity (Wildman–Crippen MR) is 77.7 cm³/mol. The van der Waals surface area contributed by atoms with Crippen molar-refractivity contribution in [1.29, 1.82) is 0 Å². The Morgan fingerprint density at radius 2 is 1.78 bits per heavy atom. The molecule has 2 heteroatoms. The van der Waals surface area contributed by atoms with Crippen LogP contribution in [0.3, 0.4) is 0 Å². The second-order valence-electron chi connectivity index (χ2n) is 5.79. The second kappa shape index (κ2) is 6.91. The summed E-state index contributed by atoms with van der Waals surface area (Å²) in [6.07, 6.45) is 0.766. The molecular formula is C16H27NO. The third kappa shape index (κ3) is 4.43. The SMILES string of the molecule is Cc1ccccc1C(O)CN(C)C(C)CC(C)C. The van der Waals surface area contributed by atoms with Gasteiger partial charge < -0.3 is 10.0 Å². The van der Waals surface area contributed by atoms with Gasteiger partial charge in [0.05, 0.1) is 6.10 Å². The van der Waals surface area contributed by atoms with Gasteiger partial charge in [0.2, 0.25) is 0 Å². The van der Waals surface area contributed by atoms with Crippen molar-refractivity contribution >= 4 is 0 Å². The largest absolute Gasteiger partial charge is 0.387 e. The molecule has 0 fully saturated rings. The highest BCUT2D eigenvalue weighted by Gasteiger charge is 2.17. The lowest BCUT2D eigenvalue weighted by Crippen LogP contribution is -2.34. The van der Waals surface area contributed by atoms with Crippen LogP contribution in [0.4, 0.5) is 0 Å². The van der Waals surface area contributed by atoms with Crippen LogP contribution in [0.5, 0.6) is 0 Å². The van der Waals surface area contributed by atoms with E-state index in [0.29, 0.717) is 18.5 Å². The minimum Gasteiger partial charge on any atom is -0.387 e. The quantitative estimate of drug-likeness (QED) is 0.835. The molecule has 0 spiro atoms. The highest BCUT2D eigenvalue weighted by Crippen LogP contribution is 2.19. The third-order valence-electron chi connectivity index (χ3n) is 3.57. The van der Waals surface area contributed by atoms with Crippen LogP contribution >= 0.6 is 0 Å². The van der Waals surface area contributed by atoms with Crippen LogP contribution in [0, 0.1) is 12.8 Å². The van der Waals surface area contributed by atoms with E-state index in [9.17, 15) is 5.11 Å². The molecule has 0 aliphatic carbocycles. The van der Waals surface area contributed by atoms with Crippen molar-refractivity contribution in [3.63, 3.8) is 0 Å². The van der Waals surface area contributed by atoms with Crippen molar-refractivity contribution in [3.05, 3.63) is 35.4 Å². The number of nitrogens with zero attached hydrogens (tertiary/aromatic N) is 1. The van der Waals surface area contributed by atoms with Gasteiger partial charge in [0, 0.05) is 12.6 Å². The van der Waals surface area contributed by atoms with Crippen molar-refractivity contribution in [1.82, 2.24) is 4.90 Å². The summed E-state index contributed by atoms with van der Waals surface area (Å²) < 4.78 is 0. The first kappa shape index (κ1) is 15.2. The van der Waals surface area contributed by atoms with Gasteiger partial charge in [-0.15, -0.1) is 0 Å². The molecule has 0 saturated carbocycles. The van der Waals surface area contributed by atoms with E-state index in [2.05, 4.69) is 45.7 Å². The summed E-state index contributed by atoms with van der Waals surface area (Å²) >= 11 is 0. The number of rotatable bonds is 6. The van der Waals surface area contributed by atoms with Gasteiger partial charge >= 0.3 is 0 Å². The first-order chi connectivity index (χ1) is 8.41. The summed E-state index contributed by atoms with van der Waals surface area (Å²) in [6, 6.07) is 8.57. The zero-order valence-corrected chi connectivity index (χ0v) is 12.4. The average molecular weight is 249 g/mol. The Labute approximate surface area is 112 Å². The van der Waals surface area contributed by atoms with E-state index in [1.807, 2.05) is 18.2 Å². The minimum atomic E-state index is -0.397. The van der Waals surface area contributed by atoms with Crippen LogP contribution in [0.25, 0.3) is 0 Å². The van der Waals surface area contributed by atoms with Gasteiger partial charge in [-0.25, -0.2) is 0 Å². The molecule has 1 aromatic carbocycles. The predicted octanol–water partition coefficient (Wildman–Crippen LogP) is 3.39. The van der Waals surface area contributed by atoms with Crippen molar-refractivity contribution in [2.45, 2.75) is 46.3 Å². The molecule has 0 aliphatic heterocycles. The van der Waals surface area contributed by atoms with Gasteiger partial charge in [-0.3, -0.25) is 0 Å². The normalized spacial score (nSPS) is 15.1. The molecule has 0 saturated heterocycles. The molecule has 0 bridgehead atoms. The third-order valence-corrected chi connectivity index (χ3v) is 3.57. The molecule has 1 aromatic rings. The van der Waals surface area contributed by atoms with Gasteiger partial charge in [0.25, 0.3) is 0 Å². The lowest BCUT2D eigenvalue weighted by Gasteiger charge is -2.28. The lowest BCUT2D eigenvalue weighted by molar-refractivity contribution is 0.102. The van der Waals surface area contributed by atoms with Crippen molar-refractivity contribution in [2.75, 3.05) is 13.6 Å². The fourth-order valence-electron chi connectivity index (χ4n) is 2.37. The molecule has 0 amide bonds. The van der Waals surface area contributed by atoms with Crippen LogP contribution in [0.1, 0.15) is 44.4 Å². The van der Waals surface area contributed by atoms with Crippen molar-refractivity contribution in [3.8, 4) is 0 Å². The Morgan fingerprint density at radius 1 is 1.17 bits per heavy atom. The molecule has 2 atom stereocenters. The molecule has 18 heavy (non-hydrogen) atoms. The number of benzene rings is 1. The molecule has 2 nitrogen and oxygen atoms in total. The Balaban J connectivity index is 2.59. The first-order valence-corrected chi connectivity index (χ1v) is 6.85. The number of aliphatic hydroxyl groups is 1. The number of likely N-dealkylation sites (N-methyl/N-ethyl adjacent to an activating group) is 1. The molecule has 0 heterocycles. The molecule has 2 unspecified atom stereocenters. The van der Waals surface area contributed by atoms with Crippen molar-refractivity contribution in [2.24, 2.45) is 5.92 Å². The summed E-state index contributed by atoms with van der Waals surface area (Å²) in [7, 11) is 2.09.